The average molecular weight is 281 g/mol. The third-order valence-corrected chi connectivity index (χ3v) is 5.05. The predicted molar refractivity (Wildman–Crippen MR) is 79.6 cm³/mol. The Labute approximate surface area is 118 Å². The SMILES string of the molecule is CCc1ccc(C(N)CS(=O)CC2CCCO2)cc1. The molecule has 3 nitrogen and oxygen atoms in total. The van der Waals surface area contributed by atoms with E-state index in [9.17, 15) is 4.21 Å². The molecule has 1 aromatic carbocycles. The van der Waals surface area contributed by atoms with Gasteiger partial charge in [-0.2, -0.15) is 0 Å². The van der Waals surface area contributed by atoms with Gasteiger partial charge in [0.2, 0.25) is 0 Å². The second-order valence-electron chi connectivity index (χ2n) is 5.11. The molecule has 4 heteroatoms. The van der Waals surface area contributed by atoms with Gasteiger partial charge in [0, 0.05) is 35.0 Å². The summed E-state index contributed by atoms with van der Waals surface area (Å²) in [6, 6.07) is 8.14. The summed E-state index contributed by atoms with van der Waals surface area (Å²) in [5.74, 6) is 1.14. The number of aryl methyl sites for hydroxylation is 1. The van der Waals surface area contributed by atoms with Crippen molar-refractivity contribution in [2.45, 2.75) is 38.3 Å². The van der Waals surface area contributed by atoms with Crippen LogP contribution in [0, 0.1) is 0 Å². The molecule has 0 aromatic heterocycles. The Balaban J connectivity index is 1.84. The maximum Gasteiger partial charge on any atom is 0.0691 e. The Morgan fingerprint density at radius 3 is 2.74 bits per heavy atom. The number of ether oxygens (including phenoxy) is 1. The van der Waals surface area contributed by atoms with Gasteiger partial charge in [-0.05, 0) is 30.4 Å². The molecule has 1 aliphatic heterocycles. The molecule has 0 aliphatic carbocycles. The molecular weight excluding hydrogens is 258 g/mol. The molecule has 2 rings (SSSR count). The highest BCUT2D eigenvalue weighted by Gasteiger charge is 2.20. The van der Waals surface area contributed by atoms with E-state index in [4.69, 9.17) is 10.5 Å². The second-order valence-corrected chi connectivity index (χ2v) is 6.66. The van der Waals surface area contributed by atoms with Crippen LogP contribution < -0.4 is 5.73 Å². The Morgan fingerprint density at radius 1 is 1.42 bits per heavy atom. The first-order valence-corrected chi connectivity index (χ1v) is 8.49. The average Bonchev–Trinajstić information content (AvgIpc) is 2.91. The highest BCUT2D eigenvalue weighted by molar-refractivity contribution is 7.85. The number of hydrogen-bond donors (Lipinski definition) is 1. The van der Waals surface area contributed by atoms with E-state index in [-0.39, 0.29) is 12.1 Å². The van der Waals surface area contributed by atoms with Gasteiger partial charge in [-0.15, -0.1) is 0 Å². The van der Waals surface area contributed by atoms with Crippen LogP contribution >= 0.6 is 0 Å². The van der Waals surface area contributed by atoms with E-state index < -0.39 is 10.8 Å². The van der Waals surface area contributed by atoms with Crippen LogP contribution in [0.3, 0.4) is 0 Å². The number of benzene rings is 1. The zero-order valence-corrected chi connectivity index (χ0v) is 12.3. The van der Waals surface area contributed by atoms with Crippen LogP contribution in [0.5, 0.6) is 0 Å². The van der Waals surface area contributed by atoms with Crippen molar-refractivity contribution in [1.82, 2.24) is 0 Å². The first kappa shape index (κ1) is 14.7. The zero-order valence-electron chi connectivity index (χ0n) is 11.5. The molecule has 0 bridgehead atoms. The van der Waals surface area contributed by atoms with Gasteiger partial charge in [-0.1, -0.05) is 31.2 Å². The minimum atomic E-state index is -0.898. The molecule has 1 aliphatic rings. The van der Waals surface area contributed by atoms with Crippen LogP contribution in [0.2, 0.25) is 0 Å². The Hall–Kier alpha value is -0.710. The van der Waals surface area contributed by atoms with E-state index in [2.05, 4.69) is 19.1 Å². The molecule has 0 saturated carbocycles. The van der Waals surface area contributed by atoms with Crippen molar-refractivity contribution in [3.63, 3.8) is 0 Å². The summed E-state index contributed by atoms with van der Waals surface area (Å²) in [6.45, 7) is 2.94. The quantitative estimate of drug-likeness (QED) is 0.869. The van der Waals surface area contributed by atoms with Crippen molar-refractivity contribution >= 4 is 10.8 Å². The van der Waals surface area contributed by atoms with E-state index in [1.807, 2.05) is 12.1 Å². The molecule has 0 radical (unpaired) electrons. The lowest BCUT2D eigenvalue weighted by Gasteiger charge is -2.14. The standard InChI is InChI=1S/C15H23NO2S/c1-2-12-5-7-13(8-6-12)15(16)11-19(17)10-14-4-3-9-18-14/h5-8,14-15H,2-4,9-11,16H2,1H3. The minimum Gasteiger partial charge on any atom is -0.377 e. The predicted octanol–water partition coefficient (Wildman–Crippen LogP) is 2.18. The highest BCUT2D eigenvalue weighted by Crippen LogP contribution is 2.16. The van der Waals surface area contributed by atoms with Gasteiger partial charge < -0.3 is 10.5 Å². The molecule has 19 heavy (non-hydrogen) atoms. The van der Waals surface area contributed by atoms with Gasteiger partial charge in [-0.3, -0.25) is 4.21 Å². The van der Waals surface area contributed by atoms with Crippen molar-refractivity contribution in [2.75, 3.05) is 18.1 Å². The molecule has 1 heterocycles. The van der Waals surface area contributed by atoms with Gasteiger partial charge >= 0.3 is 0 Å². The molecule has 1 fully saturated rings. The summed E-state index contributed by atoms with van der Waals surface area (Å²) < 4.78 is 17.6. The Kier molecular flexibility index (Phi) is 5.55. The van der Waals surface area contributed by atoms with Gasteiger partial charge in [0.15, 0.2) is 0 Å². The first-order valence-electron chi connectivity index (χ1n) is 7.00. The van der Waals surface area contributed by atoms with Crippen LogP contribution in [-0.4, -0.2) is 28.4 Å². The van der Waals surface area contributed by atoms with Gasteiger partial charge in [0.05, 0.1) is 6.10 Å². The third kappa shape index (κ3) is 4.41. The maximum absolute atomic E-state index is 12.1. The van der Waals surface area contributed by atoms with Crippen LogP contribution in [0.25, 0.3) is 0 Å². The summed E-state index contributed by atoms with van der Waals surface area (Å²) in [4.78, 5) is 0. The number of rotatable bonds is 6. The van der Waals surface area contributed by atoms with Crippen LogP contribution in [0.4, 0.5) is 0 Å². The summed E-state index contributed by atoms with van der Waals surface area (Å²) in [7, 11) is -0.898. The van der Waals surface area contributed by atoms with Crippen LogP contribution in [-0.2, 0) is 22.0 Å². The third-order valence-electron chi connectivity index (χ3n) is 3.58. The summed E-state index contributed by atoms with van der Waals surface area (Å²) in [6.07, 6.45) is 3.33. The lowest BCUT2D eigenvalue weighted by molar-refractivity contribution is 0.128. The van der Waals surface area contributed by atoms with Crippen molar-refractivity contribution in [1.29, 1.82) is 0 Å². The topological polar surface area (TPSA) is 52.3 Å². The zero-order chi connectivity index (χ0) is 13.7. The van der Waals surface area contributed by atoms with Gasteiger partial charge in [-0.25, -0.2) is 0 Å². The smallest absolute Gasteiger partial charge is 0.0691 e. The molecule has 1 aromatic rings. The van der Waals surface area contributed by atoms with Crippen LogP contribution in [0.15, 0.2) is 24.3 Å². The van der Waals surface area contributed by atoms with Gasteiger partial charge in [0.25, 0.3) is 0 Å². The van der Waals surface area contributed by atoms with E-state index in [1.165, 1.54) is 5.56 Å². The Morgan fingerprint density at radius 2 is 2.16 bits per heavy atom. The largest absolute Gasteiger partial charge is 0.377 e. The van der Waals surface area contributed by atoms with Crippen molar-refractivity contribution in [3.05, 3.63) is 35.4 Å². The number of nitrogens with two attached hydrogens (primary N) is 1. The summed E-state index contributed by atoms with van der Waals surface area (Å²) in [5.41, 5.74) is 8.50. The molecule has 1 saturated heterocycles. The molecule has 106 valence electrons. The van der Waals surface area contributed by atoms with Crippen molar-refractivity contribution < 1.29 is 8.95 Å². The molecule has 3 unspecified atom stereocenters. The van der Waals surface area contributed by atoms with E-state index >= 15 is 0 Å². The minimum absolute atomic E-state index is 0.145. The lowest BCUT2D eigenvalue weighted by atomic mass is 10.1. The summed E-state index contributed by atoms with van der Waals surface area (Å²) >= 11 is 0. The molecular formula is C15H23NO2S. The molecule has 0 amide bonds. The fraction of sp³-hybridized carbons (Fsp3) is 0.600. The van der Waals surface area contributed by atoms with Gasteiger partial charge in [0.1, 0.15) is 0 Å². The highest BCUT2D eigenvalue weighted by atomic mass is 32.2. The van der Waals surface area contributed by atoms with Crippen molar-refractivity contribution in [2.24, 2.45) is 5.73 Å². The number of hydrogen-bond acceptors (Lipinski definition) is 3. The molecule has 0 spiro atoms. The molecule has 3 atom stereocenters. The summed E-state index contributed by atoms with van der Waals surface area (Å²) in [5, 5.41) is 0. The normalized spacial score (nSPS) is 22.3. The van der Waals surface area contributed by atoms with E-state index in [0.29, 0.717) is 11.5 Å². The van der Waals surface area contributed by atoms with Crippen LogP contribution in [0.1, 0.15) is 36.9 Å². The monoisotopic (exact) mass is 281 g/mol. The van der Waals surface area contributed by atoms with E-state index in [1.54, 1.807) is 0 Å². The lowest BCUT2D eigenvalue weighted by Crippen LogP contribution is -2.24. The maximum atomic E-state index is 12.1. The van der Waals surface area contributed by atoms with Crippen molar-refractivity contribution in [3.8, 4) is 0 Å². The first-order chi connectivity index (χ1) is 9.19. The fourth-order valence-corrected chi connectivity index (χ4v) is 3.75. The Bertz CT molecular complexity index is 413. The fourth-order valence-electron chi connectivity index (χ4n) is 2.35. The molecule has 2 N–H and O–H groups in total. The second kappa shape index (κ2) is 7.17. The van der Waals surface area contributed by atoms with E-state index in [0.717, 1.165) is 31.4 Å².